The predicted octanol–water partition coefficient (Wildman–Crippen LogP) is 1.25. The van der Waals surface area contributed by atoms with Gasteiger partial charge in [-0.15, -0.1) is 0 Å². The number of carbonyl (C=O) groups is 2. The molecule has 7 nitrogen and oxygen atoms in total. The fourth-order valence-corrected chi connectivity index (χ4v) is 2.76. The third-order valence-corrected chi connectivity index (χ3v) is 3.84. The van der Waals surface area contributed by atoms with Gasteiger partial charge in [-0.1, -0.05) is 0 Å². The number of nitrogens with zero attached hydrogens (tertiary/aromatic N) is 3. The van der Waals surface area contributed by atoms with Crippen LogP contribution in [0.1, 0.15) is 30.6 Å². The minimum absolute atomic E-state index is 0.0272. The molecule has 2 heterocycles. The summed E-state index contributed by atoms with van der Waals surface area (Å²) in [6.07, 6.45) is -2.52. The summed E-state index contributed by atoms with van der Waals surface area (Å²) in [5.41, 5.74) is 1.59. The van der Waals surface area contributed by atoms with Gasteiger partial charge in [0, 0.05) is 25.4 Å². The van der Waals surface area contributed by atoms with Crippen molar-refractivity contribution in [3.8, 4) is 0 Å². The van der Waals surface area contributed by atoms with E-state index in [0.717, 1.165) is 11.3 Å². The molecule has 2 N–H and O–H groups in total. The van der Waals surface area contributed by atoms with Crippen molar-refractivity contribution >= 4 is 11.9 Å². The zero-order valence-electron chi connectivity index (χ0n) is 13.6. The summed E-state index contributed by atoms with van der Waals surface area (Å²) in [4.78, 5) is 24.6. The number of alkyl halides is 3. The van der Waals surface area contributed by atoms with Gasteiger partial charge in [-0.3, -0.25) is 9.48 Å². The van der Waals surface area contributed by atoms with Gasteiger partial charge in [0.15, 0.2) is 0 Å². The topological polar surface area (TPSA) is 79.3 Å². The third kappa shape index (κ3) is 4.39. The second-order valence-corrected chi connectivity index (χ2v) is 5.90. The molecule has 1 aliphatic heterocycles. The highest BCUT2D eigenvalue weighted by atomic mass is 19.4. The molecule has 0 aliphatic carbocycles. The standard InChI is InChI=1S/C14H20F3N5O2/c1-8(10-6-21(3)20-9(10)2)18-13(24)19-11-4-5-22(12(11)23)7-14(15,16)17/h6,8,11H,4-5,7H2,1-3H3,(H2,18,19,24)/t8-,11-/m0/s1. The van der Waals surface area contributed by atoms with Crippen molar-refractivity contribution in [1.29, 1.82) is 0 Å². The first-order chi connectivity index (χ1) is 11.1. The maximum Gasteiger partial charge on any atom is 0.406 e. The lowest BCUT2D eigenvalue weighted by molar-refractivity contribution is -0.157. The van der Waals surface area contributed by atoms with Crippen LogP contribution >= 0.6 is 0 Å². The van der Waals surface area contributed by atoms with Crippen molar-refractivity contribution in [1.82, 2.24) is 25.3 Å². The average Bonchev–Trinajstić information content (AvgIpc) is 2.93. The van der Waals surface area contributed by atoms with Crippen LogP contribution in [0.15, 0.2) is 6.20 Å². The van der Waals surface area contributed by atoms with Crippen LogP contribution in [0.4, 0.5) is 18.0 Å². The van der Waals surface area contributed by atoms with E-state index >= 15 is 0 Å². The van der Waals surface area contributed by atoms with Gasteiger partial charge in [0.2, 0.25) is 5.91 Å². The lowest BCUT2D eigenvalue weighted by Gasteiger charge is -2.19. The quantitative estimate of drug-likeness (QED) is 0.860. The number of likely N-dealkylation sites (tertiary alicyclic amines) is 1. The molecule has 134 valence electrons. The fourth-order valence-electron chi connectivity index (χ4n) is 2.76. The summed E-state index contributed by atoms with van der Waals surface area (Å²) in [7, 11) is 1.76. The number of carbonyl (C=O) groups excluding carboxylic acids is 2. The highest BCUT2D eigenvalue weighted by molar-refractivity contribution is 5.88. The second kappa shape index (κ2) is 6.70. The molecule has 24 heavy (non-hydrogen) atoms. The molecule has 0 spiro atoms. The summed E-state index contributed by atoms with van der Waals surface area (Å²) in [6.45, 7) is 2.24. The van der Waals surface area contributed by atoms with Crippen LogP contribution in [0, 0.1) is 6.92 Å². The Morgan fingerprint density at radius 2 is 2.17 bits per heavy atom. The van der Waals surface area contributed by atoms with Crippen molar-refractivity contribution < 1.29 is 22.8 Å². The van der Waals surface area contributed by atoms with Gasteiger partial charge in [-0.05, 0) is 20.3 Å². The zero-order chi connectivity index (χ0) is 18.1. The zero-order valence-corrected chi connectivity index (χ0v) is 13.6. The van der Waals surface area contributed by atoms with Crippen LogP contribution in [-0.4, -0.2) is 51.9 Å². The number of halogens is 3. The molecule has 0 aromatic carbocycles. The number of hydrogen-bond acceptors (Lipinski definition) is 3. The highest BCUT2D eigenvalue weighted by Crippen LogP contribution is 2.21. The number of amides is 3. The van der Waals surface area contributed by atoms with E-state index in [9.17, 15) is 22.8 Å². The summed E-state index contributed by atoms with van der Waals surface area (Å²) >= 11 is 0. The Labute approximate surface area is 137 Å². The Hall–Kier alpha value is -2.26. The summed E-state index contributed by atoms with van der Waals surface area (Å²) < 4.78 is 38.7. The second-order valence-electron chi connectivity index (χ2n) is 5.90. The van der Waals surface area contributed by atoms with Crippen LogP contribution < -0.4 is 10.6 Å². The number of nitrogens with one attached hydrogen (secondary N) is 2. The molecule has 1 aromatic rings. The van der Waals surface area contributed by atoms with E-state index in [1.165, 1.54) is 0 Å². The molecule has 0 bridgehead atoms. The van der Waals surface area contributed by atoms with Crippen molar-refractivity contribution in [2.24, 2.45) is 7.05 Å². The van der Waals surface area contributed by atoms with Crippen molar-refractivity contribution in [3.63, 3.8) is 0 Å². The van der Waals surface area contributed by atoms with E-state index in [4.69, 9.17) is 0 Å². The molecular weight excluding hydrogens is 327 g/mol. The molecule has 0 saturated carbocycles. The molecule has 0 unspecified atom stereocenters. The Morgan fingerprint density at radius 1 is 1.50 bits per heavy atom. The smallest absolute Gasteiger partial charge is 0.332 e. The molecule has 3 amide bonds. The van der Waals surface area contributed by atoms with Gasteiger partial charge in [-0.2, -0.15) is 18.3 Å². The van der Waals surface area contributed by atoms with Crippen LogP contribution in [-0.2, 0) is 11.8 Å². The normalized spacial score (nSPS) is 19.5. The van der Waals surface area contributed by atoms with Gasteiger partial charge in [0.25, 0.3) is 0 Å². The Kier molecular flexibility index (Phi) is 5.05. The maximum absolute atomic E-state index is 12.4. The number of rotatable bonds is 4. The van der Waals surface area contributed by atoms with Crippen molar-refractivity contribution in [2.75, 3.05) is 13.1 Å². The van der Waals surface area contributed by atoms with Crippen LogP contribution in [0.3, 0.4) is 0 Å². The highest BCUT2D eigenvalue weighted by Gasteiger charge is 2.39. The lowest BCUT2D eigenvalue weighted by Crippen LogP contribution is -2.47. The van der Waals surface area contributed by atoms with Gasteiger partial charge in [-0.25, -0.2) is 4.79 Å². The van der Waals surface area contributed by atoms with E-state index in [-0.39, 0.29) is 19.0 Å². The minimum atomic E-state index is -4.45. The molecule has 10 heteroatoms. The number of aromatic nitrogens is 2. The van der Waals surface area contributed by atoms with E-state index in [1.807, 2.05) is 0 Å². The number of aryl methyl sites for hydroxylation is 2. The van der Waals surface area contributed by atoms with Crippen LogP contribution in [0.5, 0.6) is 0 Å². The average molecular weight is 347 g/mol. The number of urea groups is 1. The molecule has 2 atom stereocenters. The first-order valence-electron chi connectivity index (χ1n) is 7.49. The molecule has 2 rings (SSSR count). The lowest BCUT2D eigenvalue weighted by atomic mass is 10.1. The summed E-state index contributed by atoms with van der Waals surface area (Å²) in [5, 5.41) is 9.28. The SMILES string of the molecule is Cc1nn(C)cc1[C@H](C)NC(=O)N[C@H]1CCN(CC(F)(F)F)C1=O. The largest absolute Gasteiger partial charge is 0.406 e. The first kappa shape index (κ1) is 18.1. The van der Waals surface area contributed by atoms with E-state index < -0.39 is 30.7 Å². The summed E-state index contributed by atoms with van der Waals surface area (Å²) in [5.74, 6) is -0.715. The number of hydrogen-bond donors (Lipinski definition) is 2. The Bertz CT molecular complexity index is 628. The van der Waals surface area contributed by atoms with Gasteiger partial charge >= 0.3 is 12.2 Å². The fraction of sp³-hybridized carbons (Fsp3) is 0.643. The molecule has 0 radical (unpaired) electrons. The minimum Gasteiger partial charge on any atom is -0.332 e. The molecule has 1 saturated heterocycles. The van der Waals surface area contributed by atoms with Crippen molar-refractivity contribution in [2.45, 2.75) is 38.5 Å². The first-order valence-corrected chi connectivity index (χ1v) is 7.49. The molecular formula is C14H20F3N5O2. The Balaban J connectivity index is 1.89. The Morgan fingerprint density at radius 3 is 2.71 bits per heavy atom. The molecule has 1 fully saturated rings. The molecule has 1 aromatic heterocycles. The summed E-state index contributed by atoms with van der Waals surface area (Å²) in [6, 6.07) is -1.88. The van der Waals surface area contributed by atoms with E-state index in [0.29, 0.717) is 4.90 Å². The molecule has 1 aliphatic rings. The van der Waals surface area contributed by atoms with Crippen molar-refractivity contribution in [3.05, 3.63) is 17.5 Å². The van der Waals surface area contributed by atoms with Gasteiger partial charge < -0.3 is 15.5 Å². The van der Waals surface area contributed by atoms with Crippen LogP contribution in [0.25, 0.3) is 0 Å². The monoisotopic (exact) mass is 347 g/mol. The van der Waals surface area contributed by atoms with Crippen LogP contribution in [0.2, 0.25) is 0 Å². The van der Waals surface area contributed by atoms with Gasteiger partial charge in [0.05, 0.1) is 11.7 Å². The maximum atomic E-state index is 12.4. The van der Waals surface area contributed by atoms with E-state index in [1.54, 1.807) is 31.8 Å². The predicted molar refractivity (Wildman–Crippen MR) is 79.1 cm³/mol. The van der Waals surface area contributed by atoms with E-state index in [2.05, 4.69) is 15.7 Å². The van der Waals surface area contributed by atoms with Gasteiger partial charge in [0.1, 0.15) is 12.6 Å². The third-order valence-electron chi connectivity index (χ3n) is 3.84.